The predicted octanol–water partition coefficient (Wildman–Crippen LogP) is 2.13. The number of nitrogens with zero attached hydrogens (tertiary/aromatic N) is 2. The van der Waals surface area contributed by atoms with Gasteiger partial charge >= 0.3 is 0 Å². The van der Waals surface area contributed by atoms with Crippen molar-refractivity contribution < 1.29 is 14.3 Å². The highest BCUT2D eigenvalue weighted by atomic mass is 32.1. The third kappa shape index (κ3) is 4.22. The number of likely N-dealkylation sites (tertiary alicyclic amines) is 1. The first-order chi connectivity index (χ1) is 12.5. The number of hydrogen-bond donors (Lipinski definition) is 1. The summed E-state index contributed by atoms with van der Waals surface area (Å²) in [5.41, 5.74) is 1.89. The first kappa shape index (κ1) is 18.4. The molecule has 2 amide bonds. The minimum absolute atomic E-state index is 0.0432. The summed E-state index contributed by atoms with van der Waals surface area (Å²) in [6.07, 6.45) is 0.298. The molecule has 1 aliphatic rings. The van der Waals surface area contributed by atoms with Crippen molar-refractivity contribution in [2.24, 2.45) is 0 Å². The highest BCUT2D eigenvalue weighted by Crippen LogP contribution is 2.29. The standard InChI is InChI=1S/C19H23N3O3S/c1-12(23)20-18-10-22(19(24)8-15-11-26-13(2)21-15)9-17(18)14-4-6-16(25-3)7-5-14/h4-7,11,17-18H,8-10H2,1-3H3,(H,20,23). The van der Waals surface area contributed by atoms with E-state index in [0.717, 1.165) is 22.0 Å². The van der Waals surface area contributed by atoms with Crippen LogP contribution in [0.3, 0.4) is 0 Å². The molecule has 26 heavy (non-hydrogen) atoms. The Kier molecular flexibility index (Phi) is 5.56. The average Bonchev–Trinajstić information content (AvgIpc) is 3.21. The van der Waals surface area contributed by atoms with Crippen LogP contribution in [0, 0.1) is 6.92 Å². The van der Waals surface area contributed by atoms with Crippen LogP contribution in [0.1, 0.15) is 29.1 Å². The maximum atomic E-state index is 12.7. The van der Waals surface area contributed by atoms with Crippen LogP contribution < -0.4 is 10.1 Å². The minimum atomic E-state index is -0.0954. The monoisotopic (exact) mass is 373 g/mol. The third-order valence-electron chi connectivity index (χ3n) is 4.60. The quantitative estimate of drug-likeness (QED) is 0.872. The molecule has 1 aromatic carbocycles. The van der Waals surface area contributed by atoms with Crippen molar-refractivity contribution >= 4 is 23.2 Å². The second-order valence-corrected chi connectivity index (χ2v) is 7.58. The summed E-state index contributed by atoms with van der Waals surface area (Å²) in [6, 6.07) is 7.71. The Hall–Kier alpha value is -2.41. The number of carbonyl (C=O) groups is 2. The minimum Gasteiger partial charge on any atom is -0.497 e. The van der Waals surface area contributed by atoms with Crippen molar-refractivity contribution in [3.63, 3.8) is 0 Å². The summed E-state index contributed by atoms with van der Waals surface area (Å²) in [7, 11) is 1.63. The number of hydrogen-bond acceptors (Lipinski definition) is 5. The number of benzene rings is 1. The van der Waals surface area contributed by atoms with Gasteiger partial charge in [0.1, 0.15) is 5.75 Å². The lowest BCUT2D eigenvalue weighted by molar-refractivity contribution is -0.129. The van der Waals surface area contributed by atoms with E-state index in [1.165, 1.54) is 6.92 Å². The van der Waals surface area contributed by atoms with E-state index in [1.54, 1.807) is 18.4 Å². The molecule has 2 atom stereocenters. The number of nitrogens with one attached hydrogen (secondary N) is 1. The smallest absolute Gasteiger partial charge is 0.228 e. The molecule has 2 aromatic rings. The molecule has 2 unspecified atom stereocenters. The number of aromatic nitrogens is 1. The zero-order valence-electron chi connectivity index (χ0n) is 15.2. The van der Waals surface area contributed by atoms with Gasteiger partial charge in [0.15, 0.2) is 0 Å². The molecule has 138 valence electrons. The zero-order valence-corrected chi connectivity index (χ0v) is 16.0. The van der Waals surface area contributed by atoms with Crippen molar-refractivity contribution in [1.82, 2.24) is 15.2 Å². The number of carbonyl (C=O) groups excluding carboxylic acids is 2. The van der Waals surface area contributed by atoms with Gasteiger partial charge in [-0.25, -0.2) is 4.98 Å². The highest BCUT2D eigenvalue weighted by Gasteiger charge is 2.36. The first-order valence-corrected chi connectivity index (χ1v) is 9.44. The average molecular weight is 373 g/mol. The Morgan fingerprint density at radius 3 is 2.62 bits per heavy atom. The van der Waals surface area contributed by atoms with Gasteiger partial charge in [0, 0.05) is 31.3 Å². The SMILES string of the molecule is COc1ccc(C2CN(C(=O)Cc3csc(C)n3)CC2NC(C)=O)cc1. The fourth-order valence-electron chi connectivity index (χ4n) is 3.36. The van der Waals surface area contributed by atoms with Gasteiger partial charge in [-0.15, -0.1) is 11.3 Å². The van der Waals surface area contributed by atoms with Crippen LogP contribution >= 0.6 is 11.3 Å². The van der Waals surface area contributed by atoms with E-state index in [9.17, 15) is 9.59 Å². The molecule has 1 aliphatic heterocycles. The zero-order chi connectivity index (χ0) is 18.7. The summed E-state index contributed by atoms with van der Waals surface area (Å²) in [4.78, 5) is 30.5. The van der Waals surface area contributed by atoms with Crippen molar-refractivity contribution in [3.05, 3.63) is 45.9 Å². The number of rotatable bonds is 5. The number of methoxy groups -OCH3 is 1. The van der Waals surface area contributed by atoms with Crippen molar-refractivity contribution in [2.45, 2.75) is 32.2 Å². The molecular formula is C19H23N3O3S. The van der Waals surface area contributed by atoms with E-state index in [0.29, 0.717) is 19.5 Å². The summed E-state index contributed by atoms with van der Waals surface area (Å²) in [6.45, 7) is 4.53. The lowest BCUT2D eigenvalue weighted by atomic mass is 9.94. The van der Waals surface area contributed by atoms with Crippen molar-refractivity contribution in [3.8, 4) is 5.75 Å². The maximum absolute atomic E-state index is 12.7. The molecule has 1 aromatic heterocycles. The van der Waals surface area contributed by atoms with E-state index in [-0.39, 0.29) is 23.8 Å². The Bertz CT molecular complexity index is 788. The molecule has 7 heteroatoms. The van der Waals surface area contributed by atoms with Gasteiger partial charge in [-0.05, 0) is 24.6 Å². The largest absolute Gasteiger partial charge is 0.497 e. The van der Waals surface area contributed by atoms with Crippen molar-refractivity contribution in [1.29, 1.82) is 0 Å². The van der Waals surface area contributed by atoms with Gasteiger partial charge in [0.25, 0.3) is 0 Å². The second kappa shape index (κ2) is 7.86. The van der Waals surface area contributed by atoms with E-state index in [1.807, 2.05) is 41.5 Å². The fraction of sp³-hybridized carbons (Fsp3) is 0.421. The summed E-state index contributed by atoms with van der Waals surface area (Å²) in [5, 5.41) is 5.88. The molecule has 1 saturated heterocycles. The summed E-state index contributed by atoms with van der Waals surface area (Å²) < 4.78 is 5.21. The molecule has 6 nitrogen and oxygen atoms in total. The number of amides is 2. The molecule has 2 heterocycles. The van der Waals surface area contributed by atoms with Gasteiger partial charge in [-0.3, -0.25) is 9.59 Å². The van der Waals surface area contributed by atoms with Gasteiger partial charge < -0.3 is 15.0 Å². The topological polar surface area (TPSA) is 71.5 Å². The van der Waals surface area contributed by atoms with E-state index in [4.69, 9.17) is 4.74 Å². The molecule has 0 bridgehead atoms. The Morgan fingerprint density at radius 2 is 2.04 bits per heavy atom. The molecule has 1 N–H and O–H groups in total. The number of thiazole rings is 1. The maximum Gasteiger partial charge on any atom is 0.228 e. The lowest BCUT2D eigenvalue weighted by Crippen LogP contribution is -2.39. The van der Waals surface area contributed by atoms with Gasteiger partial charge in [0.05, 0.1) is 30.3 Å². The van der Waals surface area contributed by atoms with Crippen LogP contribution in [-0.4, -0.2) is 47.9 Å². The van der Waals surface area contributed by atoms with Gasteiger partial charge in [-0.2, -0.15) is 0 Å². The molecular weight excluding hydrogens is 350 g/mol. The first-order valence-electron chi connectivity index (χ1n) is 8.56. The van der Waals surface area contributed by atoms with E-state index in [2.05, 4.69) is 10.3 Å². The molecule has 0 radical (unpaired) electrons. The normalized spacial score (nSPS) is 19.4. The van der Waals surface area contributed by atoms with Crippen molar-refractivity contribution in [2.75, 3.05) is 20.2 Å². The Balaban J connectivity index is 1.74. The Morgan fingerprint density at radius 1 is 1.31 bits per heavy atom. The van der Waals surface area contributed by atoms with Gasteiger partial charge in [-0.1, -0.05) is 12.1 Å². The summed E-state index contributed by atoms with van der Waals surface area (Å²) in [5.74, 6) is 0.806. The van der Waals surface area contributed by atoms with E-state index >= 15 is 0 Å². The van der Waals surface area contributed by atoms with Crippen LogP contribution in [0.2, 0.25) is 0 Å². The molecule has 0 spiro atoms. The molecule has 1 fully saturated rings. The molecule has 3 rings (SSSR count). The van der Waals surface area contributed by atoms with Crippen LogP contribution in [0.5, 0.6) is 5.75 Å². The number of ether oxygens (including phenoxy) is 1. The third-order valence-corrected chi connectivity index (χ3v) is 5.43. The second-order valence-electron chi connectivity index (χ2n) is 6.52. The molecule has 0 aliphatic carbocycles. The predicted molar refractivity (Wildman–Crippen MR) is 100 cm³/mol. The molecule has 0 saturated carbocycles. The van der Waals surface area contributed by atoms with Crippen LogP contribution in [0.25, 0.3) is 0 Å². The van der Waals surface area contributed by atoms with Crippen LogP contribution in [0.15, 0.2) is 29.6 Å². The van der Waals surface area contributed by atoms with E-state index < -0.39 is 0 Å². The van der Waals surface area contributed by atoms with Crippen LogP contribution in [0.4, 0.5) is 0 Å². The van der Waals surface area contributed by atoms with Gasteiger partial charge in [0.2, 0.25) is 11.8 Å². The summed E-state index contributed by atoms with van der Waals surface area (Å²) >= 11 is 1.55. The highest BCUT2D eigenvalue weighted by molar-refractivity contribution is 7.09. The van der Waals surface area contributed by atoms with Crippen LogP contribution in [-0.2, 0) is 16.0 Å². The number of aryl methyl sites for hydroxylation is 1. The fourth-order valence-corrected chi connectivity index (χ4v) is 3.97. The Labute approximate surface area is 157 Å². The lowest BCUT2D eigenvalue weighted by Gasteiger charge is -2.19.